The van der Waals surface area contributed by atoms with E-state index in [4.69, 9.17) is 4.74 Å². The van der Waals surface area contributed by atoms with Crippen LogP contribution in [0.25, 0.3) is 0 Å². The summed E-state index contributed by atoms with van der Waals surface area (Å²) in [4.78, 5) is 0. The summed E-state index contributed by atoms with van der Waals surface area (Å²) >= 11 is 0. The van der Waals surface area contributed by atoms with Gasteiger partial charge in [0, 0.05) is 12.6 Å². The minimum atomic E-state index is 0.507. The van der Waals surface area contributed by atoms with Gasteiger partial charge in [-0.25, -0.2) is 0 Å². The topological polar surface area (TPSA) is 21.3 Å². The van der Waals surface area contributed by atoms with E-state index in [-0.39, 0.29) is 0 Å². The van der Waals surface area contributed by atoms with Gasteiger partial charge in [-0.2, -0.15) is 0 Å². The minimum absolute atomic E-state index is 0.507. The lowest BCUT2D eigenvalue weighted by Crippen LogP contribution is -2.62. The van der Waals surface area contributed by atoms with Crippen molar-refractivity contribution in [3.05, 3.63) is 0 Å². The normalized spacial score (nSPS) is 49.6. The van der Waals surface area contributed by atoms with Gasteiger partial charge in [0.25, 0.3) is 0 Å². The van der Waals surface area contributed by atoms with Crippen molar-refractivity contribution >= 4 is 0 Å². The summed E-state index contributed by atoms with van der Waals surface area (Å²) < 4.78 is 5.78. The average Bonchev–Trinajstić information content (AvgIpc) is 2.24. The molecule has 0 amide bonds. The summed E-state index contributed by atoms with van der Waals surface area (Å²) in [5.41, 5.74) is 1.72. The highest BCUT2D eigenvalue weighted by Gasteiger charge is 2.61. The molecule has 0 aromatic carbocycles. The average molecular weight is 265 g/mol. The van der Waals surface area contributed by atoms with Crippen LogP contribution in [-0.4, -0.2) is 26.3 Å². The van der Waals surface area contributed by atoms with Crippen molar-refractivity contribution in [2.75, 3.05) is 20.3 Å². The summed E-state index contributed by atoms with van der Waals surface area (Å²) in [5, 5.41) is 3.60. The van der Waals surface area contributed by atoms with Crippen LogP contribution in [-0.2, 0) is 4.74 Å². The first-order chi connectivity index (χ1) is 8.93. The van der Waals surface area contributed by atoms with Crippen molar-refractivity contribution in [3.63, 3.8) is 0 Å². The van der Waals surface area contributed by atoms with Crippen LogP contribution in [0.15, 0.2) is 0 Å². The van der Waals surface area contributed by atoms with Crippen LogP contribution in [0.1, 0.15) is 59.3 Å². The van der Waals surface area contributed by atoms with E-state index in [0.29, 0.717) is 22.3 Å². The van der Waals surface area contributed by atoms with Gasteiger partial charge in [-0.3, -0.25) is 0 Å². The first-order valence-corrected chi connectivity index (χ1v) is 8.18. The van der Waals surface area contributed by atoms with Crippen molar-refractivity contribution in [2.45, 2.75) is 65.3 Å². The Morgan fingerprint density at radius 2 is 1.74 bits per heavy atom. The summed E-state index contributed by atoms with van der Waals surface area (Å²) in [7, 11) is 2.13. The lowest BCUT2D eigenvalue weighted by atomic mass is 9.39. The Hall–Kier alpha value is -0.0800. The van der Waals surface area contributed by atoms with Crippen molar-refractivity contribution in [3.8, 4) is 0 Å². The van der Waals surface area contributed by atoms with Gasteiger partial charge in [-0.15, -0.1) is 0 Å². The zero-order valence-electron chi connectivity index (χ0n) is 13.2. The van der Waals surface area contributed by atoms with Crippen LogP contribution in [0.3, 0.4) is 0 Å². The summed E-state index contributed by atoms with van der Waals surface area (Å²) in [6.07, 6.45) is 8.71. The lowest BCUT2D eigenvalue weighted by molar-refractivity contribution is -0.163. The molecule has 3 atom stereocenters. The fraction of sp³-hybridized carbons (Fsp3) is 1.00. The van der Waals surface area contributed by atoms with Crippen LogP contribution in [0.5, 0.6) is 0 Å². The molecule has 3 unspecified atom stereocenters. The highest BCUT2D eigenvalue weighted by molar-refractivity contribution is 5.13. The van der Waals surface area contributed by atoms with Gasteiger partial charge in [0.15, 0.2) is 0 Å². The van der Waals surface area contributed by atoms with E-state index in [9.17, 15) is 0 Å². The van der Waals surface area contributed by atoms with E-state index in [1.807, 2.05) is 0 Å². The number of hydrogen-bond acceptors (Lipinski definition) is 2. The number of ether oxygens (including phenoxy) is 1. The molecule has 19 heavy (non-hydrogen) atoms. The minimum Gasteiger partial charge on any atom is -0.380 e. The fourth-order valence-electron chi connectivity index (χ4n) is 6.73. The van der Waals surface area contributed by atoms with Gasteiger partial charge >= 0.3 is 0 Å². The Labute approximate surface area is 118 Å². The van der Waals surface area contributed by atoms with Crippen LogP contribution >= 0.6 is 0 Å². The molecule has 4 bridgehead atoms. The number of rotatable bonds is 5. The molecule has 110 valence electrons. The Balaban J connectivity index is 1.86. The second-order valence-electron chi connectivity index (χ2n) is 8.49. The molecule has 4 rings (SSSR count). The highest BCUT2D eigenvalue weighted by atomic mass is 16.5. The summed E-state index contributed by atoms with van der Waals surface area (Å²) in [5.74, 6) is 0.976. The van der Waals surface area contributed by atoms with Crippen LogP contribution in [0, 0.1) is 22.2 Å². The summed E-state index contributed by atoms with van der Waals surface area (Å²) in [6, 6.07) is 0.550. The highest BCUT2D eigenvalue weighted by Crippen LogP contribution is 2.70. The van der Waals surface area contributed by atoms with E-state index in [2.05, 4.69) is 33.1 Å². The molecule has 2 nitrogen and oxygen atoms in total. The van der Waals surface area contributed by atoms with Crippen molar-refractivity contribution in [1.82, 2.24) is 5.32 Å². The molecule has 1 N–H and O–H groups in total. The van der Waals surface area contributed by atoms with E-state index >= 15 is 0 Å². The summed E-state index contributed by atoms with van der Waals surface area (Å²) in [6.45, 7) is 8.95. The maximum Gasteiger partial charge on any atom is 0.0624 e. The van der Waals surface area contributed by atoms with Crippen molar-refractivity contribution < 1.29 is 4.74 Å². The smallest absolute Gasteiger partial charge is 0.0624 e. The first kappa shape index (κ1) is 13.9. The van der Waals surface area contributed by atoms with Gasteiger partial charge in [0.05, 0.1) is 6.61 Å². The SMILES string of the molecule is CCOCC(NC)C12CC3CC(C)(CC(C)(C3)C1)C2. The third kappa shape index (κ3) is 2.25. The van der Waals surface area contributed by atoms with Crippen molar-refractivity contribution in [1.29, 1.82) is 0 Å². The van der Waals surface area contributed by atoms with Crippen LogP contribution < -0.4 is 5.32 Å². The Morgan fingerprint density at radius 3 is 2.21 bits per heavy atom. The molecule has 4 aliphatic carbocycles. The molecule has 4 aliphatic rings. The quantitative estimate of drug-likeness (QED) is 0.820. The fourth-order valence-corrected chi connectivity index (χ4v) is 6.73. The molecule has 0 aromatic heterocycles. The van der Waals surface area contributed by atoms with Gasteiger partial charge in [0.2, 0.25) is 0 Å². The van der Waals surface area contributed by atoms with E-state index < -0.39 is 0 Å². The van der Waals surface area contributed by atoms with E-state index in [1.54, 1.807) is 0 Å². The Kier molecular flexibility index (Phi) is 3.26. The molecule has 0 radical (unpaired) electrons. The van der Waals surface area contributed by atoms with Gasteiger partial charge in [-0.1, -0.05) is 13.8 Å². The lowest BCUT2D eigenvalue weighted by Gasteiger charge is -2.67. The molecular formula is C17H31NO. The number of nitrogens with one attached hydrogen (secondary N) is 1. The number of hydrogen-bond donors (Lipinski definition) is 1. The third-order valence-corrected chi connectivity index (χ3v) is 6.25. The predicted molar refractivity (Wildman–Crippen MR) is 79.2 cm³/mol. The molecule has 4 saturated carbocycles. The Morgan fingerprint density at radius 1 is 1.11 bits per heavy atom. The Bertz CT molecular complexity index is 335. The predicted octanol–water partition coefficient (Wildman–Crippen LogP) is 3.61. The third-order valence-electron chi connectivity index (χ3n) is 6.25. The standard InChI is InChI=1S/C17H31NO/c1-5-19-9-14(18-4)17-8-13-6-15(2,11-17)10-16(3,7-13)12-17/h13-14,18H,5-12H2,1-4H3. The van der Waals surface area contributed by atoms with Crippen molar-refractivity contribution in [2.24, 2.45) is 22.2 Å². The monoisotopic (exact) mass is 265 g/mol. The van der Waals surface area contributed by atoms with Crippen LogP contribution in [0.4, 0.5) is 0 Å². The van der Waals surface area contributed by atoms with Gasteiger partial charge < -0.3 is 10.1 Å². The van der Waals surface area contributed by atoms with E-state index in [1.165, 1.54) is 38.5 Å². The zero-order valence-corrected chi connectivity index (χ0v) is 13.2. The molecule has 0 spiro atoms. The first-order valence-electron chi connectivity index (χ1n) is 8.18. The second kappa shape index (κ2) is 4.46. The maximum atomic E-state index is 5.78. The van der Waals surface area contributed by atoms with Gasteiger partial charge in [0.1, 0.15) is 0 Å². The molecule has 0 heterocycles. The molecule has 0 aliphatic heterocycles. The van der Waals surface area contributed by atoms with E-state index in [0.717, 1.165) is 19.1 Å². The largest absolute Gasteiger partial charge is 0.380 e. The molecule has 0 aromatic rings. The second-order valence-corrected chi connectivity index (χ2v) is 8.49. The molecule has 4 fully saturated rings. The molecule has 2 heteroatoms. The number of likely N-dealkylation sites (N-methyl/N-ethyl adjacent to an activating group) is 1. The van der Waals surface area contributed by atoms with Crippen LogP contribution in [0.2, 0.25) is 0 Å². The molecular weight excluding hydrogens is 234 g/mol. The molecule has 0 saturated heterocycles. The maximum absolute atomic E-state index is 5.78. The zero-order chi connectivity index (χ0) is 13.7. The van der Waals surface area contributed by atoms with Gasteiger partial charge in [-0.05, 0) is 74.7 Å².